The van der Waals surface area contributed by atoms with Gasteiger partial charge in [0.25, 0.3) is 0 Å². The summed E-state index contributed by atoms with van der Waals surface area (Å²) < 4.78 is 1.21. The Hall–Kier alpha value is -0.927. The number of hydrogen-bond donors (Lipinski definition) is 0. The van der Waals surface area contributed by atoms with E-state index in [0.717, 1.165) is 12.2 Å². The van der Waals surface area contributed by atoms with E-state index < -0.39 is 0 Å². The van der Waals surface area contributed by atoms with Crippen LogP contribution in [0.25, 0.3) is 0 Å². The molecule has 1 amide bonds. The Bertz CT molecular complexity index is 357. The van der Waals surface area contributed by atoms with Gasteiger partial charge in [-0.3, -0.25) is 0 Å². The van der Waals surface area contributed by atoms with Gasteiger partial charge in [0.1, 0.15) is 0 Å². The molecule has 7 heteroatoms. The Kier molecular flexibility index (Phi) is 13.4. The molecular formula is C12H20GeN2O4. The number of amides is 1. The molecule has 106 valence electrons. The number of nitrogens with zero attached hydrogens (tertiary/aromatic N) is 2. The SMILES string of the molecule is CN(C)CCC(=O)N(C)c1cc[c]([Ge+3])cc1.[OH-].[OH-].[OH-]. The number of hydrogen-bond acceptors (Lipinski definition) is 5. The molecule has 0 saturated heterocycles. The summed E-state index contributed by atoms with van der Waals surface area (Å²) in [6, 6.07) is 7.99. The molecule has 0 fully saturated rings. The molecular weight excluding hydrogens is 309 g/mol. The number of carbonyl (C=O) groups is 1. The number of rotatable bonds is 4. The van der Waals surface area contributed by atoms with E-state index >= 15 is 0 Å². The molecule has 1 aromatic carbocycles. The second kappa shape index (κ2) is 10.9. The Labute approximate surface area is 122 Å². The third-order valence-electron chi connectivity index (χ3n) is 2.40. The molecule has 19 heavy (non-hydrogen) atoms. The van der Waals surface area contributed by atoms with Crippen molar-refractivity contribution in [2.24, 2.45) is 0 Å². The minimum absolute atomic E-state index is 0. The van der Waals surface area contributed by atoms with Crippen LogP contribution < -0.4 is 9.30 Å². The maximum atomic E-state index is 11.8. The summed E-state index contributed by atoms with van der Waals surface area (Å²) in [5.74, 6) is 0.151. The molecule has 0 unspecified atom stereocenters. The first kappa shape index (κ1) is 23.2. The van der Waals surface area contributed by atoms with Crippen molar-refractivity contribution in [1.82, 2.24) is 4.90 Å². The molecule has 0 spiro atoms. The van der Waals surface area contributed by atoms with Gasteiger partial charge >= 0.3 is 105 Å². The summed E-state index contributed by atoms with van der Waals surface area (Å²) >= 11 is 2.04. The molecule has 6 nitrogen and oxygen atoms in total. The van der Waals surface area contributed by atoms with E-state index in [0.29, 0.717) is 6.42 Å². The average molecular weight is 329 g/mol. The van der Waals surface area contributed by atoms with Crippen LogP contribution in [0.15, 0.2) is 24.3 Å². The fourth-order valence-corrected chi connectivity index (χ4v) is 1.67. The van der Waals surface area contributed by atoms with Crippen molar-refractivity contribution < 1.29 is 21.2 Å². The average Bonchev–Trinajstić information content (AvgIpc) is 2.26. The van der Waals surface area contributed by atoms with Crippen molar-refractivity contribution in [3.05, 3.63) is 24.3 Å². The molecule has 0 aromatic heterocycles. The minimum Gasteiger partial charge on any atom is -0.870 e. The molecule has 0 aliphatic heterocycles. The smallest absolute Gasteiger partial charge is 0.870 e. The summed E-state index contributed by atoms with van der Waals surface area (Å²) in [6.45, 7) is 0.787. The van der Waals surface area contributed by atoms with Crippen LogP contribution in [0, 0.1) is 0 Å². The largest absolute Gasteiger partial charge is 0.870 e. The molecule has 0 bridgehead atoms. The van der Waals surface area contributed by atoms with Crippen LogP contribution in [0.3, 0.4) is 0 Å². The normalized spacial score (nSPS) is 8.95. The Morgan fingerprint density at radius 3 is 1.95 bits per heavy atom. The van der Waals surface area contributed by atoms with Crippen molar-refractivity contribution in [3.8, 4) is 0 Å². The second-order valence-corrected chi connectivity index (χ2v) is 5.26. The van der Waals surface area contributed by atoms with Crippen LogP contribution in [0.1, 0.15) is 6.42 Å². The molecule has 0 aliphatic carbocycles. The zero-order valence-electron chi connectivity index (χ0n) is 11.4. The van der Waals surface area contributed by atoms with Gasteiger partial charge in [0.15, 0.2) is 0 Å². The van der Waals surface area contributed by atoms with Crippen LogP contribution in [-0.2, 0) is 4.79 Å². The van der Waals surface area contributed by atoms with Crippen molar-refractivity contribution in [1.29, 1.82) is 0 Å². The quantitative estimate of drug-likeness (QED) is 0.714. The van der Waals surface area contributed by atoms with Gasteiger partial charge in [-0.2, -0.15) is 0 Å². The molecule has 1 aromatic rings. The third-order valence-corrected chi connectivity index (χ3v) is 3.10. The standard InChI is InChI=1S/C12H17GeN2O.3H2O/c1-14(2)9-8-12(16)15(3)11-6-4-10(13)5-7-11;;;/h4-7H,8-9H2,1-3H3;3*1H2/q+3;;;/p-3. The molecule has 0 atom stereocenters. The van der Waals surface area contributed by atoms with E-state index in [-0.39, 0.29) is 22.3 Å². The molecule has 1 rings (SSSR count). The van der Waals surface area contributed by atoms with Gasteiger partial charge in [-0.1, -0.05) is 0 Å². The summed E-state index contributed by atoms with van der Waals surface area (Å²) in [7, 11) is 5.76. The Morgan fingerprint density at radius 2 is 1.53 bits per heavy atom. The number of benzene rings is 1. The topological polar surface area (TPSA) is 114 Å². The van der Waals surface area contributed by atoms with Gasteiger partial charge < -0.3 is 16.4 Å². The van der Waals surface area contributed by atoms with E-state index in [2.05, 4.69) is 0 Å². The second-order valence-electron chi connectivity index (χ2n) is 4.05. The first-order chi connectivity index (χ1) is 7.50. The molecule has 3 N–H and O–H groups in total. The fraction of sp³-hybridized carbons (Fsp3) is 0.417. The zero-order chi connectivity index (χ0) is 12.1. The van der Waals surface area contributed by atoms with Gasteiger partial charge in [0, 0.05) is 0 Å². The van der Waals surface area contributed by atoms with E-state index in [4.69, 9.17) is 0 Å². The van der Waals surface area contributed by atoms with Crippen LogP contribution in [-0.4, -0.2) is 71.4 Å². The summed E-state index contributed by atoms with van der Waals surface area (Å²) in [4.78, 5) is 15.6. The van der Waals surface area contributed by atoms with Gasteiger partial charge in [0.05, 0.1) is 0 Å². The zero-order valence-corrected chi connectivity index (χ0v) is 13.5. The molecule has 0 saturated carbocycles. The van der Waals surface area contributed by atoms with Crippen LogP contribution in [0.2, 0.25) is 0 Å². The van der Waals surface area contributed by atoms with Crippen molar-refractivity contribution in [2.45, 2.75) is 6.42 Å². The predicted octanol–water partition coefficient (Wildman–Crippen LogP) is -0.136. The monoisotopic (exact) mass is 330 g/mol. The molecule has 0 aliphatic rings. The van der Waals surface area contributed by atoms with Crippen molar-refractivity contribution >= 4 is 32.5 Å². The van der Waals surface area contributed by atoms with Crippen LogP contribution in [0.4, 0.5) is 5.69 Å². The van der Waals surface area contributed by atoms with Gasteiger partial charge in [-0.05, 0) is 0 Å². The van der Waals surface area contributed by atoms with E-state index in [9.17, 15) is 4.79 Å². The first-order valence-corrected chi connectivity index (χ1v) is 6.28. The maximum Gasteiger partial charge on any atom is -0.870 e. The van der Waals surface area contributed by atoms with Gasteiger partial charge in [-0.15, -0.1) is 0 Å². The van der Waals surface area contributed by atoms with E-state index in [1.54, 1.807) is 4.90 Å². The Morgan fingerprint density at radius 1 is 1.05 bits per heavy atom. The van der Waals surface area contributed by atoms with Gasteiger partial charge in [0.2, 0.25) is 0 Å². The maximum absolute atomic E-state index is 11.8. The number of carbonyl (C=O) groups excluding carboxylic acids is 1. The van der Waals surface area contributed by atoms with Gasteiger partial charge in [-0.25, -0.2) is 0 Å². The molecule has 0 radical (unpaired) electrons. The predicted molar refractivity (Wildman–Crippen MR) is 74.2 cm³/mol. The van der Waals surface area contributed by atoms with E-state index in [1.165, 1.54) is 4.40 Å². The summed E-state index contributed by atoms with van der Waals surface area (Å²) in [5, 5.41) is 0. The Balaban J connectivity index is -0.000000853. The summed E-state index contributed by atoms with van der Waals surface area (Å²) in [5.41, 5.74) is 0.953. The van der Waals surface area contributed by atoms with Crippen molar-refractivity contribution in [3.63, 3.8) is 0 Å². The van der Waals surface area contributed by atoms with E-state index in [1.807, 2.05) is 66.8 Å². The van der Waals surface area contributed by atoms with Crippen molar-refractivity contribution in [2.75, 3.05) is 32.6 Å². The first-order valence-electron chi connectivity index (χ1n) is 5.23. The summed E-state index contributed by atoms with van der Waals surface area (Å²) in [6.07, 6.45) is 0.553. The van der Waals surface area contributed by atoms with Crippen LogP contribution >= 0.6 is 0 Å². The fourth-order valence-electron chi connectivity index (χ4n) is 1.32. The third kappa shape index (κ3) is 7.96. The number of anilines is 1. The minimum atomic E-state index is 0. The molecule has 0 heterocycles. The van der Waals surface area contributed by atoms with Crippen LogP contribution in [0.5, 0.6) is 0 Å².